The lowest BCUT2D eigenvalue weighted by Crippen LogP contribution is -2.32. The van der Waals surface area contributed by atoms with Gasteiger partial charge in [0.15, 0.2) is 11.5 Å². The number of hydrogen-bond acceptors (Lipinski definition) is 3. The van der Waals surface area contributed by atoms with Crippen molar-refractivity contribution in [3.8, 4) is 11.5 Å². The highest BCUT2D eigenvalue weighted by Crippen LogP contribution is 2.30. The van der Waals surface area contributed by atoms with Crippen LogP contribution in [0.4, 0.5) is 0 Å². The van der Waals surface area contributed by atoms with Crippen molar-refractivity contribution in [2.24, 2.45) is 5.92 Å². The predicted molar refractivity (Wildman–Crippen MR) is 82.2 cm³/mol. The monoisotopic (exact) mass is 277 g/mol. The first-order chi connectivity index (χ1) is 9.72. The molecule has 2 rings (SSSR count). The fourth-order valence-electron chi connectivity index (χ4n) is 3.12. The van der Waals surface area contributed by atoms with Crippen LogP contribution in [-0.2, 0) is 6.54 Å². The van der Waals surface area contributed by atoms with Crippen molar-refractivity contribution in [1.82, 2.24) is 5.32 Å². The number of ether oxygens (including phenoxy) is 1. The number of methoxy groups -OCH3 is 1. The van der Waals surface area contributed by atoms with Crippen LogP contribution in [0.15, 0.2) is 18.2 Å². The van der Waals surface area contributed by atoms with Crippen molar-refractivity contribution in [3.63, 3.8) is 0 Å². The smallest absolute Gasteiger partial charge is 0.162 e. The molecule has 0 spiro atoms. The first-order valence-corrected chi connectivity index (χ1v) is 7.80. The van der Waals surface area contributed by atoms with Gasteiger partial charge in [-0.3, -0.25) is 0 Å². The molecule has 0 bridgehead atoms. The maximum atomic E-state index is 10.1. The molecule has 3 heteroatoms. The fourth-order valence-corrected chi connectivity index (χ4v) is 3.12. The van der Waals surface area contributed by atoms with E-state index in [0.29, 0.717) is 18.3 Å². The standard InChI is InChI=1S/C17H27NO2/c1-13(14-8-5-3-4-6-9-14)18-12-15-10-7-11-16(20-2)17(15)19/h7,10-11,13-14,18-19H,3-6,8-9,12H2,1-2H3/t13-/m0/s1. The molecule has 0 amide bonds. The summed E-state index contributed by atoms with van der Waals surface area (Å²) in [5.41, 5.74) is 0.907. The molecule has 1 fully saturated rings. The zero-order chi connectivity index (χ0) is 14.4. The molecule has 1 aliphatic rings. The molecule has 1 saturated carbocycles. The van der Waals surface area contributed by atoms with Crippen LogP contribution in [0.2, 0.25) is 0 Å². The summed E-state index contributed by atoms with van der Waals surface area (Å²) >= 11 is 0. The topological polar surface area (TPSA) is 41.5 Å². The third kappa shape index (κ3) is 3.89. The number of para-hydroxylation sites is 1. The van der Waals surface area contributed by atoms with Gasteiger partial charge in [0.2, 0.25) is 0 Å². The Morgan fingerprint density at radius 1 is 1.25 bits per heavy atom. The Kier molecular flexibility index (Phi) is 5.72. The van der Waals surface area contributed by atoms with E-state index >= 15 is 0 Å². The van der Waals surface area contributed by atoms with Crippen molar-refractivity contribution in [1.29, 1.82) is 0 Å². The summed E-state index contributed by atoms with van der Waals surface area (Å²) in [5.74, 6) is 1.58. The Morgan fingerprint density at radius 3 is 2.60 bits per heavy atom. The molecule has 112 valence electrons. The molecule has 1 aromatic rings. The average molecular weight is 277 g/mol. The Hall–Kier alpha value is -1.22. The summed E-state index contributed by atoms with van der Waals surface area (Å²) in [6.45, 7) is 2.97. The van der Waals surface area contributed by atoms with Crippen LogP contribution in [-0.4, -0.2) is 18.3 Å². The molecule has 0 saturated heterocycles. The van der Waals surface area contributed by atoms with Crippen LogP contribution >= 0.6 is 0 Å². The summed E-state index contributed by atoms with van der Waals surface area (Å²) in [6, 6.07) is 6.16. The highest BCUT2D eigenvalue weighted by Gasteiger charge is 2.19. The zero-order valence-electron chi connectivity index (χ0n) is 12.7. The van der Waals surface area contributed by atoms with Crippen molar-refractivity contribution in [2.45, 2.75) is 58.0 Å². The Balaban J connectivity index is 1.90. The molecule has 0 unspecified atom stereocenters. The molecule has 1 aliphatic carbocycles. The predicted octanol–water partition coefficient (Wildman–Crippen LogP) is 3.85. The summed E-state index contributed by atoms with van der Waals surface area (Å²) in [6.07, 6.45) is 8.17. The normalized spacial score (nSPS) is 18.5. The lowest BCUT2D eigenvalue weighted by molar-refractivity contribution is 0.332. The maximum absolute atomic E-state index is 10.1. The lowest BCUT2D eigenvalue weighted by Gasteiger charge is -2.24. The van der Waals surface area contributed by atoms with E-state index in [-0.39, 0.29) is 5.75 Å². The number of hydrogen-bond donors (Lipinski definition) is 2. The second-order valence-electron chi connectivity index (χ2n) is 5.89. The van der Waals surface area contributed by atoms with Crippen molar-refractivity contribution in [2.75, 3.05) is 7.11 Å². The number of rotatable bonds is 5. The Bertz CT molecular complexity index is 411. The largest absolute Gasteiger partial charge is 0.504 e. The van der Waals surface area contributed by atoms with Crippen LogP contribution in [0, 0.1) is 5.92 Å². The van der Waals surface area contributed by atoms with Gasteiger partial charge in [0.1, 0.15) is 0 Å². The molecule has 3 nitrogen and oxygen atoms in total. The van der Waals surface area contributed by atoms with Crippen molar-refractivity contribution < 1.29 is 9.84 Å². The molecule has 0 heterocycles. The summed E-state index contributed by atoms with van der Waals surface area (Å²) in [7, 11) is 1.58. The van der Waals surface area contributed by atoms with Gasteiger partial charge in [0.05, 0.1) is 7.11 Å². The van der Waals surface area contributed by atoms with Gasteiger partial charge in [-0.05, 0) is 31.7 Å². The molecule has 0 aromatic heterocycles. The van der Waals surface area contributed by atoms with Gasteiger partial charge in [-0.2, -0.15) is 0 Å². The molecular weight excluding hydrogens is 250 g/mol. The molecule has 2 N–H and O–H groups in total. The van der Waals surface area contributed by atoms with Crippen molar-refractivity contribution in [3.05, 3.63) is 23.8 Å². The second kappa shape index (κ2) is 7.53. The van der Waals surface area contributed by atoms with Crippen molar-refractivity contribution >= 4 is 0 Å². The number of benzene rings is 1. The number of aromatic hydroxyl groups is 1. The van der Waals surface area contributed by atoms with Crippen LogP contribution in [0.5, 0.6) is 11.5 Å². The Labute approximate surface area is 122 Å². The van der Waals surface area contributed by atoms with Gasteiger partial charge in [-0.1, -0.05) is 37.8 Å². The van der Waals surface area contributed by atoms with Crippen LogP contribution < -0.4 is 10.1 Å². The molecule has 1 aromatic carbocycles. The third-order valence-corrected chi connectivity index (χ3v) is 4.52. The highest BCUT2D eigenvalue weighted by molar-refractivity contribution is 5.45. The maximum Gasteiger partial charge on any atom is 0.162 e. The van der Waals surface area contributed by atoms with E-state index in [1.807, 2.05) is 12.1 Å². The first-order valence-electron chi connectivity index (χ1n) is 7.80. The van der Waals surface area contributed by atoms with E-state index in [2.05, 4.69) is 12.2 Å². The van der Waals surface area contributed by atoms with E-state index in [1.54, 1.807) is 13.2 Å². The van der Waals surface area contributed by atoms with E-state index in [0.717, 1.165) is 11.5 Å². The van der Waals surface area contributed by atoms with Gasteiger partial charge in [0.25, 0.3) is 0 Å². The Morgan fingerprint density at radius 2 is 1.95 bits per heavy atom. The van der Waals surface area contributed by atoms with Gasteiger partial charge in [0, 0.05) is 18.2 Å². The van der Waals surface area contributed by atoms with Crippen LogP contribution in [0.25, 0.3) is 0 Å². The van der Waals surface area contributed by atoms with Gasteiger partial charge in [-0.15, -0.1) is 0 Å². The first kappa shape index (κ1) is 15.2. The van der Waals surface area contributed by atoms with E-state index in [4.69, 9.17) is 4.74 Å². The minimum Gasteiger partial charge on any atom is -0.504 e. The highest BCUT2D eigenvalue weighted by atomic mass is 16.5. The van der Waals surface area contributed by atoms with Crippen LogP contribution in [0.1, 0.15) is 51.0 Å². The summed E-state index contributed by atoms with van der Waals surface area (Å²) < 4.78 is 5.15. The number of phenols is 1. The van der Waals surface area contributed by atoms with Crippen LogP contribution in [0.3, 0.4) is 0 Å². The number of nitrogens with one attached hydrogen (secondary N) is 1. The van der Waals surface area contributed by atoms with Gasteiger partial charge in [-0.25, -0.2) is 0 Å². The van der Waals surface area contributed by atoms with E-state index in [1.165, 1.54) is 38.5 Å². The minimum atomic E-state index is 0.260. The molecule has 0 radical (unpaired) electrons. The average Bonchev–Trinajstić information content (AvgIpc) is 2.75. The molecule has 0 aliphatic heterocycles. The number of phenolic OH excluding ortho intramolecular Hbond substituents is 1. The lowest BCUT2D eigenvalue weighted by atomic mass is 9.93. The molecular formula is C17H27NO2. The summed E-state index contributed by atoms with van der Waals surface area (Å²) in [5, 5.41) is 13.7. The minimum absolute atomic E-state index is 0.260. The molecule has 1 atom stereocenters. The second-order valence-corrected chi connectivity index (χ2v) is 5.89. The summed E-state index contributed by atoms with van der Waals surface area (Å²) in [4.78, 5) is 0. The van der Waals surface area contributed by atoms with Gasteiger partial charge < -0.3 is 15.2 Å². The van der Waals surface area contributed by atoms with Gasteiger partial charge >= 0.3 is 0 Å². The zero-order valence-corrected chi connectivity index (χ0v) is 12.7. The third-order valence-electron chi connectivity index (χ3n) is 4.52. The SMILES string of the molecule is COc1cccc(CN[C@@H](C)C2CCCCCC2)c1O. The fraction of sp³-hybridized carbons (Fsp3) is 0.647. The van der Waals surface area contributed by atoms with E-state index in [9.17, 15) is 5.11 Å². The van der Waals surface area contributed by atoms with E-state index < -0.39 is 0 Å². The molecule has 20 heavy (non-hydrogen) atoms. The quantitative estimate of drug-likeness (QED) is 0.803.